The van der Waals surface area contributed by atoms with Gasteiger partial charge in [-0.1, -0.05) is 44.2 Å². The van der Waals surface area contributed by atoms with E-state index in [1.165, 1.54) is 12.5 Å². The van der Waals surface area contributed by atoms with Gasteiger partial charge in [-0.15, -0.1) is 0 Å². The van der Waals surface area contributed by atoms with E-state index < -0.39 is 60.2 Å². The fraction of sp³-hybridized carbons (Fsp3) is 0.462. The first-order chi connectivity index (χ1) is 18.5. The molecule has 0 saturated heterocycles. The predicted octanol–water partition coefficient (Wildman–Crippen LogP) is -0.0279. The highest BCUT2D eigenvalue weighted by molar-refractivity contribution is 5.94. The van der Waals surface area contributed by atoms with Gasteiger partial charge < -0.3 is 36.9 Å². The van der Waals surface area contributed by atoms with Gasteiger partial charge in [0.1, 0.15) is 18.1 Å². The maximum atomic E-state index is 13.3. The van der Waals surface area contributed by atoms with Crippen molar-refractivity contribution in [3.8, 4) is 0 Å². The van der Waals surface area contributed by atoms with Gasteiger partial charge in [-0.05, 0) is 24.3 Å². The van der Waals surface area contributed by atoms with Gasteiger partial charge in [0.05, 0.1) is 12.4 Å². The number of hydrogen-bond acceptors (Lipinski definition) is 7. The number of nitrogens with zero attached hydrogens (tertiary/aromatic N) is 1. The van der Waals surface area contributed by atoms with Crippen LogP contribution in [0.5, 0.6) is 0 Å². The number of nitrogens with two attached hydrogens (primary N) is 1. The number of nitrogens with one attached hydrogen (secondary N) is 4. The molecule has 4 unspecified atom stereocenters. The zero-order valence-electron chi connectivity index (χ0n) is 21.9. The van der Waals surface area contributed by atoms with E-state index in [9.17, 15) is 29.1 Å². The van der Waals surface area contributed by atoms with Gasteiger partial charge in [0.15, 0.2) is 0 Å². The lowest BCUT2D eigenvalue weighted by atomic mass is 10.0. The van der Waals surface area contributed by atoms with E-state index in [-0.39, 0.29) is 31.6 Å². The summed E-state index contributed by atoms with van der Waals surface area (Å²) in [5.74, 6) is -4.62. The number of imidazole rings is 1. The van der Waals surface area contributed by atoms with Crippen molar-refractivity contribution in [1.82, 2.24) is 25.9 Å². The van der Waals surface area contributed by atoms with Crippen LogP contribution >= 0.6 is 0 Å². The standard InChI is InChI=1S/C26H36N6O7/c1-15(2)10-21(26(38)39)32-25(37)20(11-16-6-4-3-5-7-16)31-24(36)19(8-9-22(33)34)30-23(35)18(27)12-17-13-28-14-29-17/h3-7,13-15,18-21H,8-12,27H2,1-2H3,(H,28,29)(H,30,35)(H,31,36)(H,32,37)(H,33,34)(H,38,39). The van der Waals surface area contributed by atoms with Crippen LogP contribution in [0, 0.1) is 5.92 Å². The van der Waals surface area contributed by atoms with Crippen LogP contribution in [0.3, 0.4) is 0 Å². The maximum absolute atomic E-state index is 13.3. The summed E-state index contributed by atoms with van der Waals surface area (Å²) >= 11 is 0. The normalized spacial score (nSPS) is 14.1. The van der Waals surface area contributed by atoms with Crippen LogP contribution < -0.4 is 21.7 Å². The van der Waals surface area contributed by atoms with Gasteiger partial charge in [-0.2, -0.15) is 0 Å². The fourth-order valence-electron chi connectivity index (χ4n) is 3.84. The average Bonchev–Trinajstić information content (AvgIpc) is 3.38. The second-order valence-electron chi connectivity index (χ2n) is 9.66. The molecule has 1 heterocycles. The molecule has 0 bridgehead atoms. The highest BCUT2D eigenvalue weighted by Crippen LogP contribution is 2.09. The van der Waals surface area contributed by atoms with Crippen LogP contribution in [0.25, 0.3) is 0 Å². The first kappa shape index (κ1) is 31.0. The number of carboxylic acid groups (broad SMARTS) is 2. The Morgan fingerprint density at radius 2 is 1.51 bits per heavy atom. The van der Waals surface area contributed by atoms with Crippen molar-refractivity contribution in [1.29, 1.82) is 0 Å². The number of aromatic amines is 1. The highest BCUT2D eigenvalue weighted by atomic mass is 16.4. The van der Waals surface area contributed by atoms with Crippen molar-refractivity contribution in [2.75, 3.05) is 0 Å². The number of amides is 3. The van der Waals surface area contributed by atoms with Gasteiger partial charge in [-0.3, -0.25) is 19.2 Å². The minimum Gasteiger partial charge on any atom is -0.481 e. The molecule has 13 nitrogen and oxygen atoms in total. The molecule has 2 rings (SSSR count). The number of aliphatic carboxylic acids is 2. The Morgan fingerprint density at radius 1 is 0.897 bits per heavy atom. The Labute approximate surface area is 226 Å². The van der Waals surface area contributed by atoms with Crippen LogP contribution in [0.1, 0.15) is 44.4 Å². The molecule has 13 heteroatoms. The number of hydrogen-bond donors (Lipinski definition) is 7. The molecule has 0 spiro atoms. The number of aromatic nitrogens is 2. The monoisotopic (exact) mass is 544 g/mol. The molecule has 4 atom stereocenters. The molecule has 0 radical (unpaired) electrons. The van der Waals surface area contributed by atoms with Gasteiger partial charge in [0.2, 0.25) is 17.7 Å². The van der Waals surface area contributed by atoms with Crippen molar-refractivity contribution < 1.29 is 34.2 Å². The Kier molecular flexibility index (Phi) is 12.1. The zero-order valence-corrected chi connectivity index (χ0v) is 21.9. The van der Waals surface area contributed by atoms with Gasteiger partial charge in [0.25, 0.3) is 0 Å². The molecule has 3 amide bonds. The molecule has 0 saturated carbocycles. The summed E-state index contributed by atoms with van der Waals surface area (Å²) in [4.78, 5) is 68.7. The summed E-state index contributed by atoms with van der Waals surface area (Å²) in [7, 11) is 0. The lowest BCUT2D eigenvalue weighted by Crippen LogP contribution is -2.58. The molecule has 39 heavy (non-hydrogen) atoms. The third kappa shape index (κ3) is 10.9. The summed E-state index contributed by atoms with van der Waals surface area (Å²) in [6.07, 6.45) is 2.55. The van der Waals surface area contributed by atoms with Crippen LogP contribution in [0.4, 0.5) is 0 Å². The fourth-order valence-corrected chi connectivity index (χ4v) is 3.84. The van der Waals surface area contributed by atoms with Crippen LogP contribution in [-0.4, -0.2) is 74.0 Å². The van der Waals surface area contributed by atoms with Crippen LogP contribution in [-0.2, 0) is 36.8 Å². The predicted molar refractivity (Wildman–Crippen MR) is 140 cm³/mol. The molecule has 0 aliphatic rings. The molecule has 212 valence electrons. The zero-order chi connectivity index (χ0) is 28.9. The number of rotatable bonds is 16. The molecule has 0 aliphatic carbocycles. The lowest BCUT2D eigenvalue weighted by molar-refractivity contribution is -0.142. The first-order valence-electron chi connectivity index (χ1n) is 12.6. The van der Waals surface area contributed by atoms with Crippen molar-refractivity contribution in [2.24, 2.45) is 11.7 Å². The Hall–Kier alpha value is -4.26. The van der Waals surface area contributed by atoms with Gasteiger partial charge >= 0.3 is 11.9 Å². The second kappa shape index (κ2) is 15.2. The molecule has 0 fully saturated rings. The van der Waals surface area contributed by atoms with Gasteiger partial charge in [0, 0.05) is 31.2 Å². The summed E-state index contributed by atoms with van der Waals surface area (Å²) in [5.41, 5.74) is 7.25. The minimum absolute atomic E-state index is 0.0184. The highest BCUT2D eigenvalue weighted by Gasteiger charge is 2.31. The third-order valence-electron chi connectivity index (χ3n) is 5.85. The average molecular weight is 545 g/mol. The van der Waals surface area contributed by atoms with E-state index in [0.29, 0.717) is 11.3 Å². The molecule has 1 aromatic heterocycles. The van der Waals surface area contributed by atoms with Crippen LogP contribution in [0.15, 0.2) is 42.9 Å². The van der Waals surface area contributed by atoms with E-state index >= 15 is 0 Å². The number of carbonyl (C=O) groups excluding carboxylic acids is 3. The smallest absolute Gasteiger partial charge is 0.326 e. The van der Waals surface area contributed by atoms with Crippen molar-refractivity contribution in [3.63, 3.8) is 0 Å². The Morgan fingerprint density at radius 3 is 2.08 bits per heavy atom. The van der Waals surface area contributed by atoms with Crippen molar-refractivity contribution in [3.05, 3.63) is 54.1 Å². The summed E-state index contributed by atoms with van der Waals surface area (Å²) in [6, 6.07) is 4.04. The topological polar surface area (TPSA) is 217 Å². The summed E-state index contributed by atoms with van der Waals surface area (Å²) < 4.78 is 0. The molecular weight excluding hydrogens is 508 g/mol. The van der Waals surface area contributed by atoms with E-state index in [0.717, 1.165) is 0 Å². The number of H-pyrrole nitrogens is 1. The van der Waals surface area contributed by atoms with E-state index in [4.69, 9.17) is 10.8 Å². The molecule has 0 aliphatic heterocycles. The minimum atomic E-state index is -1.31. The lowest BCUT2D eigenvalue weighted by Gasteiger charge is -2.25. The molecule has 2 aromatic rings. The number of carboxylic acids is 2. The quantitative estimate of drug-likeness (QED) is 0.151. The largest absolute Gasteiger partial charge is 0.481 e. The summed E-state index contributed by atoms with van der Waals surface area (Å²) in [6.45, 7) is 3.64. The molecular formula is C26H36N6O7. The third-order valence-corrected chi connectivity index (χ3v) is 5.85. The van der Waals surface area contributed by atoms with Crippen LogP contribution in [0.2, 0.25) is 0 Å². The molecule has 8 N–H and O–H groups in total. The first-order valence-corrected chi connectivity index (χ1v) is 12.6. The van der Waals surface area contributed by atoms with E-state index in [2.05, 4.69) is 25.9 Å². The Bertz CT molecular complexity index is 1110. The van der Waals surface area contributed by atoms with Crippen molar-refractivity contribution in [2.45, 2.75) is 70.1 Å². The number of carbonyl (C=O) groups is 5. The Balaban J connectivity index is 2.21. The van der Waals surface area contributed by atoms with Crippen molar-refractivity contribution >= 4 is 29.7 Å². The molecule has 1 aromatic carbocycles. The van der Waals surface area contributed by atoms with E-state index in [1.807, 2.05) is 13.8 Å². The van der Waals surface area contributed by atoms with E-state index in [1.54, 1.807) is 30.3 Å². The maximum Gasteiger partial charge on any atom is 0.326 e. The number of benzene rings is 1. The second-order valence-corrected chi connectivity index (χ2v) is 9.66. The summed E-state index contributed by atoms with van der Waals surface area (Å²) in [5, 5.41) is 26.2. The van der Waals surface area contributed by atoms with Gasteiger partial charge in [-0.25, -0.2) is 9.78 Å². The SMILES string of the molecule is CC(C)CC(NC(=O)C(Cc1ccccc1)NC(=O)C(CCC(=O)O)NC(=O)C(N)Cc1cnc[nH]1)C(=O)O.